The molecule has 0 amide bonds. The first kappa shape index (κ1) is 9.72. The van der Waals surface area contributed by atoms with Crippen LogP contribution in [-0.4, -0.2) is 13.1 Å². The Kier molecular flexibility index (Phi) is 2.60. The summed E-state index contributed by atoms with van der Waals surface area (Å²) in [5, 5.41) is 4.51. The molecule has 1 aliphatic rings. The minimum absolute atomic E-state index is 0.333. The third kappa shape index (κ3) is 1.83. The Labute approximate surface area is 86.5 Å². The van der Waals surface area contributed by atoms with Gasteiger partial charge in [-0.25, -0.2) is 5.32 Å². The zero-order chi connectivity index (χ0) is 10.0. The third-order valence-electron chi connectivity index (χ3n) is 3.24. The predicted molar refractivity (Wildman–Crippen MR) is 59.4 cm³/mol. The molecule has 1 heterocycles. The molecular formula is C13H18N. The first-order chi connectivity index (χ1) is 6.70. The smallest absolute Gasteiger partial charge is 0.0190 e. The second-order valence-corrected chi connectivity index (χ2v) is 4.85. The van der Waals surface area contributed by atoms with Gasteiger partial charge in [0.05, 0.1) is 0 Å². The number of benzene rings is 1. The van der Waals surface area contributed by atoms with E-state index in [9.17, 15) is 0 Å². The first-order valence-corrected chi connectivity index (χ1v) is 5.38. The molecule has 1 atom stereocenters. The molecule has 0 aliphatic carbocycles. The summed E-state index contributed by atoms with van der Waals surface area (Å²) in [6.07, 6.45) is 1.21. The molecule has 0 spiro atoms. The molecule has 0 bridgehead atoms. The summed E-state index contributed by atoms with van der Waals surface area (Å²) >= 11 is 0. The molecule has 0 aromatic heterocycles. The summed E-state index contributed by atoms with van der Waals surface area (Å²) in [5.41, 5.74) is 1.81. The monoisotopic (exact) mass is 188 g/mol. The molecule has 75 valence electrons. The van der Waals surface area contributed by atoms with Gasteiger partial charge in [-0.3, -0.25) is 0 Å². The van der Waals surface area contributed by atoms with E-state index in [1.807, 2.05) is 0 Å². The van der Waals surface area contributed by atoms with Gasteiger partial charge in [0.15, 0.2) is 0 Å². The van der Waals surface area contributed by atoms with Gasteiger partial charge in [0, 0.05) is 13.1 Å². The van der Waals surface area contributed by atoms with Crippen molar-refractivity contribution in [1.82, 2.24) is 5.32 Å². The lowest BCUT2D eigenvalue weighted by molar-refractivity contribution is 0.216. The molecule has 1 unspecified atom stereocenters. The molecule has 14 heavy (non-hydrogen) atoms. The standard InChI is InChI=1S/C13H18N/c1-13(2)10-14-9-8-12(13)11-6-4-3-5-7-11/h3-7,12H,8-10H2,1-2H3. The van der Waals surface area contributed by atoms with Crippen LogP contribution in [0, 0.1) is 5.41 Å². The van der Waals surface area contributed by atoms with Gasteiger partial charge in [0.25, 0.3) is 0 Å². The first-order valence-electron chi connectivity index (χ1n) is 5.38. The number of hydrogen-bond acceptors (Lipinski definition) is 0. The Bertz CT molecular complexity index is 289. The molecular weight excluding hydrogens is 170 g/mol. The second kappa shape index (κ2) is 3.74. The molecule has 1 heteroatoms. The van der Waals surface area contributed by atoms with E-state index in [1.54, 1.807) is 0 Å². The van der Waals surface area contributed by atoms with Gasteiger partial charge >= 0.3 is 0 Å². The summed E-state index contributed by atoms with van der Waals surface area (Å²) in [6.45, 7) is 6.69. The lowest BCUT2D eigenvalue weighted by atomic mass is 9.71. The Morgan fingerprint density at radius 1 is 1.21 bits per heavy atom. The fourth-order valence-electron chi connectivity index (χ4n) is 2.39. The molecule has 1 radical (unpaired) electrons. The maximum absolute atomic E-state index is 4.51. The molecule has 0 saturated carbocycles. The highest BCUT2D eigenvalue weighted by molar-refractivity contribution is 5.22. The van der Waals surface area contributed by atoms with Crippen molar-refractivity contribution in [3.05, 3.63) is 35.9 Å². The average Bonchev–Trinajstić information content (AvgIpc) is 2.18. The van der Waals surface area contributed by atoms with E-state index in [4.69, 9.17) is 0 Å². The molecule has 1 fully saturated rings. The topological polar surface area (TPSA) is 14.1 Å². The second-order valence-electron chi connectivity index (χ2n) is 4.85. The van der Waals surface area contributed by atoms with Crippen LogP contribution >= 0.6 is 0 Å². The van der Waals surface area contributed by atoms with Gasteiger partial charge in [-0.2, -0.15) is 0 Å². The molecule has 1 saturated heterocycles. The van der Waals surface area contributed by atoms with Crippen molar-refractivity contribution in [2.45, 2.75) is 26.2 Å². The molecule has 1 aromatic carbocycles. The van der Waals surface area contributed by atoms with Crippen molar-refractivity contribution in [1.29, 1.82) is 0 Å². The predicted octanol–water partition coefficient (Wildman–Crippen LogP) is 2.80. The van der Waals surface area contributed by atoms with E-state index in [0.29, 0.717) is 11.3 Å². The fraction of sp³-hybridized carbons (Fsp3) is 0.538. The van der Waals surface area contributed by atoms with Gasteiger partial charge in [-0.1, -0.05) is 44.2 Å². The maximum Gasteiger partial charge on any atom is 0.0190 e. The Balaban J connectivity index is 2.24. The van der Waals surface area contributed by atoms with Gasteiger partial charge in [-0.05, 0) is 23.3 Å². The van der Waals surface area contributed by atoms with Crippen LogP contribution in [0.4, 0.5) is 0 Å². The maximum atomic E-state index is 4.51. The van der Waals surface area contributed by atoms with E-state index < -0.39 is 0 Å². The zero-order valence-corrected chi connectivity index (χ0v) is 9.03. The Hall–Kier alpha value is -0.820. The summed E-state index contributed by atoms with van der Waals surface area (Å²) < 4.78 is 0. The summed E-state index contributed by atoms with van der Waals surface area (Å²) in [5.74, 6) is 0.682. The van der Waals surface area contributed by atoms with Crippen molar-refractivity contribution >= 4 is 0 Å². The zero-order valence-electron chi connectivity index (χ0n) is 9.03. The quantitative estimate of drug-likeness (QED) is 0.643. The van der Waals surface area contributed by atoms with E-state index in [0.717, 1.165) is 13.1 Å². The largest absolute Gasteiger partial charge is 0.241 e. The van der Waals surface area contributed by atoms with Crippen LogP contribution in [-0.2, 0) is 0 Å². The highest BCUT2D eigenvalue weighted by Gasteiger charge is 2.33. The SMILES string of the molecule is CC1(C)C[N]CCC1c1ccccc1. The summed E-state index contributed by atoms with van der Waals surface area (Å²) in [6, 6.07) is 10.9. The minimum Gasteiger partial charge on any atom is -0.241 e. The van der Waals surface area contributed by atoms with Crippen molar-refractivity contribution in [3.63, 3.8) is 0 Å². The highest BCUT2D eigenvalue weighted by Crippen LogP contribution is 2.39. The third-order valence-corrected chi connectivity index (χ3v) is 3.24. The van der Waals surface area contributed by atoms with Crippen LogP contribution in [0.5, 0.6) is 0 Å². The average molecular weight is 188 g/mol. The van der Waals surface area contributed by atoms with Crippen LogP contribution in [0.3, 0.4) is 0 Å². The number of hydrogen-bond donors (Lipinski definition) is 0. The molecule has 2 rings (SSSR count). The van der Waals surface area contributed by atoms with Gasteiger partial charge in [0.2, 0.25) is 0 Å². The molecule has 1 nitrogen and oxygen atoms in total. The van der Waals surface area contributed by atoms with Crippen LogP contribution in [0.2, 0.25) is 0 Å². The van der Waals surface area contributed by atoms with Crippen LogP contribution < -0.4 is 5.32 Å². The van der Waals surface area contributed by atoms with Gasteiger partial charge < -0.3 is 0 Å². The van der Waals surface area contributed by atoms with Crippen molar-refractivity contribution in [3.8, 4) is 0 Å². The Morgan fingerprint density at radius 2 is 1.93 bits per heavy atom. The highest BCUT2D eigenvalue weighted by atomic mass is 14.9. The lowest BCUT2D eigenvalue weighted by Crippen LogP contribution is -2.37. The molecule has 1 aromatic rings. The van der Waals surface area contributed by atoms with Crippen LogP contribution in [0.1, 0.15) is 31.7 Å². The summed E-state index contributed by atoms with van der Waals surface area (Å²) in [7, 11) is 0. The van der Waals surface area contributed by atoms with E-state index in [2.05, 4.69) is 49.5 Å². The van der Waals surface area contributed by atoms with Crippen molar-refractivity contribution in [2.24, 2.45) is 5.41 Å². The van der Waals surface area contributed by atoms with Crippen LogP contribution in [0.15, 0.2) is 30.3 Å². The normalized spacial score (nSPS) is 26.0. The minimum atomic E-state index is 0.333. The Morgan fingerprint density at radius 3 is 2.57 bits per heavy atom. The van der Waals surface area contributed by atoms with Crippen molar-refractivity contribution < 1.29 is 0 Å². The molecule has 0 N–H and O–H groups in total. The number of rotatable bonds is 1. The molecule has 1 aliphatic heterocycles. The fourth-order valence-corrected chi connectivity index (χ4v) is 2.39. The van der Waals surface area contributed by atoms with Gasteiger partial charge in [-0.15, -0.1) is 0 Å². The van der Waals surface area contributed by atoms with E-state index in [1.165, 1.54) is 12.0 Å². The van der Waals surface area contributed by atoms with Crippen molar-refractivity contribution in [2.75, 3.05) is 13.1 Å². The van der Waals surface area contributed by atoms with Gasteiger partial charge in [0.1, 0.15) is 0 Å². The van der Waals surface area contributed by atoms with E-state index in [-0.39, 0.29) is 0 Å². The van der Waals surface area contributed by atoms with E-state index >= 15 is 0 Å². The van der Waals surface area contributed by atoms with Crippen LogP contribution in [0.25, 0.3) is 0 Å². The number of nitrogens with zero attached hydrogens (tertiary/aromatic N) is 1. The summed E-state index contributed by atoms with van der Waals surface area (Å²) in [4.78, 5) is 0. The lowest BCUT2D eigenvalue weighted by Gasteiger charge is -2.38. The number of piperidine rings is 1.